The van der Waals surface area contributed by atoms with E-state index in [1.165, 1.54) is 0 Å². The summed E-state index contributed by atoms with van der Waals surface area (Å²) >= 11 is 0. The van der Waals surface area contributed by atoms with Crippen molar-refractivity contribution >= 4 is 10.2 Å². The van der Waals surface area contributed by atoms with Gasteiger partial charge in [0.2, 0.25) is 0 Å². The molecule has 0 spiro atoms. The lowest BCUT2D eigenvalue weighted by atomic mass is 10.6. The van der Waals surface area contributed by atoms with Gasteiger partial charge in [-0.05, 0) is 13.0 Å². The second-order valence-electron chi connectivity index (χ2n) is 0.773. The summed E-state index contributed by atoms with van der Waals surface area (Å²) in [4.78, 5) is 0. The fourth-order valence-corrected chi connectivity index (χ4v) is 0.354. The Balaban J connectivity index is 2.62. The van der Waals surface area contributed by atoms with Crippen LogP contribution in [0.15, 0.2) is 12.2 Å². The van der Waals surface area contributed by atoms with E-state index in [9.17, 15) is 0 Å². The molecule has 0 nitrogen and oxygen atoms in total. The van der Waals surface area contributed by atoms with E-state index in [4.69, 9.17) is 0 Å². The Kier molecular flexibility index (Phi) is 3.92. The van der Waals surface area contributed by atoms with Crippen LogP contribution in [0.25, 0.3) is 0 Å². The first-order valence-electron chi connectivity index (χ1n) is 1.67. The third-order valence-electron chi connectivity index (χ3n) is 0.354. The lowest BCUT2D eigenvalue weighted by molar-refractivity contribution is 1.63. The normalized spacial score (nSPS) is 10.0. The Bertz CT molecular complexity index is 30.6. The predicted octanol–water partition coefficient (Wildman–Crippen LogP) is 1.15. The van der Waals surface area contributed by atoms with Crippen LogP contribution >= 0.6 is 0 Å². The van der Waals surface area contributed by atoms with Crippen molar-refractivity contribution in [2.24, 2.45) is 0 Å². The van der Waals surface area contributed by atoms with Gasteiger partial charge in [-0.2, -0.15) is 0 Å². The highest BCUT2D eigenvalue weighted by Gasteiger charge is 1.53. The summed E-state index contributed by atoms with van der Waals surface area (Å²) in [6, 6.07) is 0.969. The van der Waals surface area contributed by atoms with Crippen molar-refractivity contribution in [2.75, 3.05) is 0 Å². The van der Waals surface area contributed by atoms with Gasteiger partial charge in [0, 0.05) is 10.2 Å². The fraction of sp³-hybridized carbons (Fsp3) is 0.500. The predicted molar refractivity (Wildman–Crippen MR) is 25.4 cm³/mol. The first kappa shape index (κ1) is 4.96. The Labute approximate surface area is 36.3 Å². The van der Waals surface area contributed by atoms with Gasteiger partial charge in [0.05, 0.1) is 0 Å². The third kappa shape index (κ3) is 3.96. The van der Waals surface area contributed by atoms with Crippen LogP contribution in [0.2, 0.25) is 6.04 Å². The van der Waals surface area contributed by atoms with Crippen molar-refractivity contribution in [1.82, 2.24) is 0 Å². The van der Waals surface area contributed by atoms with Crippen LogP contribution in [-0.4, -0.2) is 10.2 Å². The van der Waals surface area contributed by atoms with Gasteiger partial charge in [0.15, 0.2) is 0 Å². The van der Waals surface area contributed by atoms with Gasteiger partial charge in [-0.15, -0.1) is 0 Å². The second-order valence-corrected chi connectivity index (χ2v) is 1.18. The van der Waals surface area contributed by atoms with Crippen LogP contribution in [0.4, 0.5) is 0 Å². The molecule has 0 aromatic heterocycles. The molecule has 3 radical (unpaired) electrons. The molecule has 1 heteroatoms. The van der Waals surface area contributed by atoms with Gasteiger partial charge < -0.3 is 0 Å². The number of rotatable bonds is 1. The van der Waals surface area contributed by atoms with Crippen molar-refractivity contribution < 1.29 is 0 Å². The van der Waals surface area contributed by atoms with E-state index in [2.05, 4.69) is 10.2 Å². The largest absolute Gasteiger partial charge is 0.0922 e. The van der Waals surface area contributed by atoms with Crippen molar-refractivity contribution in [1.29, 1.82) is 0 Å². The van der Waals surface area contributed by atoms with E-state index < -0.39 is 0 Å². The summed E-state index contributed by atoms with van der Waals surface area (Å²) < 4.78 is 0. The highest BCUT2D eigenvalue weighted by molar-refractivity contribution is 6.09. The number of hydrogen-bond donors (Lipinski definition) is 0. The Hall–Kier alpha value is -0.0431. The van der Waals surface area contributed by atoms with Crippen molar-refractivity contribution in [3.8, 4) is 0 Å². The highest BCUT2D eigenvalue weighted by Crippen LogP contribution is 1.70. The second kappa shape index (κ2) is 3.96. The molecule has 0 unspecified atom stereocenters. The molecule has 0 aromatic carbocycles. The topological polar surface area (TPSA) is 0 Å². The molecule has 0 aliphatic carbocycles. The van der Waals surface area contributed by atoms with E-state index in [-0.39, 0.29) is 0 Å². The SMILES string of the molecule is C/C=C/C[Si]. The first-order chi connectivity index (χ1) is 2.41. The fourth-order valence-electron chi connectivity index (χ4n) is 0.118. The van der Waals surface area contributed by atoms with E-state index in [0.29, 0.717) is 0 Å². The maximum Gasteiger partial charge on any atom is 0.0275 e. The zero-order chi connectivity index (χ0) is 4.12. The monoisotopic (exact) mass is 83.0 g/mol. The maximum absolute atomic E-state index is 3.26. The van der Waals surface area contributed by atoms with Gasteiger partial charge in [0.25, 0.3) is 0 Å². The summed E-state index contributed by atoms with van der Waals surface area (Å²) in [7, 11) is 3.26. The lowest BCUT2D eigenvalue weighted by Gasteiger charge is -1.64. The molecule has 0 rings (SSSR count). The zero-order valence-corrected chi connectivity index (χ0v) is 4.36. The van der Waals surface area contributed by atoms with Gasteiger partial charge in [-0.25, -0.2) is 0 Å². The smallest absolute Gasteiger partial charge is 0.0275 e. The summed E-state index contributed by atoms with van der Waals surface area (Å²) in [6.07, 6.45) is 4.05. The van der Waals surface area contributed by atoms with Crippen LogP contribution in [0.3, 0.4) is 0 Å². The molecule has 0 aliphatic rings. The van der Waals surface area contributed by atoms with Crippen LogP contribution in [0.1, 0.15) is 6.92 Å². The van der Waals surface area contributed by atoms with Crippen molar-refractivity contribution in [2.45, 2.75) is 13.0 Å². The highest BCUT2D eigenvalue weighted by atomic mass is 28.1. The molecule has 0 amide bonds. The molecule has 0 aliphatic heterocycles. The first-order valence-corrected chi connectivity index (χ1v) is 2.38. The number of allylic oxidation sites excluding steroid dienone is 2. The summed E-state index contributed by atoms with van der Waals surface area (Å²) in [5.41, 5.74) is 0. The summed E-state index contributed by atoms with van der Waals surface area (Å²) in [5, 5.41) is 0. The van der Waals surface area contributed by atoms with E-state index in [0.717, 1.165) is 6.04 Å². The molecule has 0 N–H and O–H groups in total. The molecule has 0 saturated heterocycles. The van der Waals surface area contributed by atoms with E-state index >= 15 is 0 Å². The Morgan fingerprint density at radius 2 is 2.40 bits per heavy atom. The molecule has 27 valence electrons. The van der Waals surface area contributed by atoms with Crippen LogP contribution < -0.4 is 0 Å². The molecular formula is C4H7Si. The average Bonchev–Trinajstić information content (AvgIpc) is 1.41. The van der Waals surface area contributed by atoms with Crippen LogP contribution in [-0.2, 0) is 0 Å². The molecule has 0 fully saturated rings. The third-order valence-corrected chi connectivity index (χ3v) is 0.589. The molecule has 0 atom stereocenters. The van der Waals surface area contributed by atoms with Crippen LogP contribution in [0.5, 0.6) is 0 Å². The molecule has 0 aromatic rings. The van der Waals surface area contributed by atoms with Crippen LogP contribution in [0, 0.1) is 0 Å². The van der Waals surface area contributed by atoms with E-state index in [1.807, 2.05) is 19.1 Å². The van der Waals surface area contributed by atoms with Gasteiger partial charge >= 0.3 is 0 Å². The van der Waals surface area contributed by atoms with Gasteiger partial charge in [-0.1, -0.05) is 12.2 Å². The van der Waals surface area contributed by atoms with Crippen molar-refractivity contribution in [3.63, 3.8) is 0 Å². The minimum atomic E-state index is 0.969. The van der Waals surface area contributed by atoms with Gasteiger partial charge in [-0.3, -0.25) is 0 Å². The lowest BCUT2D eigenvalue weighted by Crippen LogP contribution is -1.51. The standard InChI is InChI=1S/C4H7Si/c1-2-3-4-5/h2-3H,4H2,1H3/b3-2+. The summed E-state index contributed by atoms with van der Waals surface area (Å²) in [6.45, 7) is 2.00. The minimum Gasteiger partial charge on any atom is -0.0922 e. The minimum absolute atomic E-state index is 0.969. The molecular weight excluding hydrogens is 76.1 g/mol. The molecule has 0 saturated carbocycles. The maximum atomic E-state index is 3.26. The van der Waals surface area contributed by atoms with Crippen molar-refractivity contribution in [3.05, 3.63) is 12.2 Å². The summed E-state index contributed by atoms with van der Waals surface area (Å²) in [5.74, 6) is 0. The average molecular weight is 83.2 g/mol. The van der Waals surface area contributed by atoms with Gasteiger partial charge in [0.1, 0.15) is 0 Å². The molecule has 5 heavy (non-hydrogen) atoms. The molecule has 0 heterocycles. The quantitative estimate of drug-likeness (QED) is 0.329. The molecule has 0 bridgehead atoms. The zero-order valence-electron chi connectivity index (χ0n) is 3.36. The van der Waals surface area contributed by atoms with E-state index in [1.54, 1.807) is 0 Å². The Morgan fingerprint density at radius 3 is 2.40 bits per heavy atom. The number of hydrogen-bond acceptors (Lipinski definition) is 0. The Morgan fingerprint density at radius 1 is 1.80 bits per heavy atom.